The number of fused-ring (bicyclic) bond motifs is 1. The molecule has 0 atom stereocenters. The average Bonchev–Trinajstić information content (AvgIpc) is 2.47. The molecule has 6 nitrogen and oxygen atoms in total. The third-order valence-electron chi connectivity index (χ3n) is 3.30. The van der Waals surface area contributed by atoms with Crippen LogP contribution in [0.5, 0.6) is 11.5 Å². The molecule has 0 aliphatic carbocycles. The van der Waals surface area contributed by atoms with Gasteiger partial charge in [0.25, 0.3) is 5.56 Å². The first kappa shape index (κ1) is 15.0. The molecule has 0 bridgehead atoms. The number of carbonyl (C=O) groups is 1. The van der Waals surface area contributed by atoms with Crippen molar-refractivity contribution in [2.75, 3.05) is 0 Å². The van der Waals surface area contributed by atoms with Crippen molar-refractivity contribution in [2.45, 2.75) is 26.4 Å². The second-order valence-corrected chi connectivity index (χ2v) is 5.73. The van der Waals surface area contributed by atoms with Crippen molar-refractivity contribution in [3.05, 3.63) is 58.8 Å². The van der Waals surface area contributed by atoms with E-state index in [0.717, 1.165) is 0 Å². The van der Waals surface area contributed by atoms with Crippen molar-refractivity contribution in [3.8, 4) is 11.5 Å². The molecule has 118 valence electrons. The molecule has 0 fully saturated rings. The fourth-order valence-electron chi connectivity index (χ4n) is 2.46. The van der Waals surface area contributed by atoms with E-state index in [9.17, 15) is 9.59 Å². The number of carbonyl (C=O) groups excluding carboxylic acids is 1. The van der Waals surface area contributed by atoms with E-state index in [1.807, 2.05) is 19.9 Å². The van der Waals surface area contributed by atoms with Gasteiger partial charge in [0.1, 0.15) is 17.0 Å². The van der Waals surface area contributed by atoms with Crippen molar-refractivity contribution in [3.63, 3.8) is 0 Å². The molecule has 1 aliphatic heterocycles. The Hall–Kier alpha value is -2.89. The van der Waals surface area contributed by atoms with E-state index in [1.165, 1.54) is 17.6 Å². The van der Waals surface area contributed by atoms with Crippen molar-refractivity contribution in [1.29, 1.82) is 0 Å². The van der Waals surface area contributed by atoms with Crippen LogP contribution in [0.4, 0.5) is 0 Å². The van der Waals surface area contributed by atoms with Gasteiger partial charge in [0.05, 0.1) is 5.70 Å². The molecule has 3 heterocycles. The Balaban J connectivity index is 2.19. The summed E-state index contributed by atoms with van der Waals surface area (Å²) in [7, 11) is 0. The van der Waals surface area contributed by atoms with Crippen LogP contribution in [0.2, 0.25) is 0 Å². The maximum atomic E-state index is 12.6. The van der Waals surface area contributed by atoms with E-state index >= 15 is 0 Å². The van der Waals surface area contributed by atoms with Crippen LogP contribution in [0.1, 0.15) is 26.5 Å². The second kappa shape index (κ2) is 5.39. The average molecular weight is 312 g/mol. The number of hydrogen-bond acceptors (Lipinski definition) is 5. The lowest BCUT2D eigenvalue weighted by Gasteiger charge is -2.30. The highest BCUT2D eigenvalue weighted by molar-refractivity contribution is 5.72. The van der Waals surface area contributed by atoms with Gasteiger partial charge >= 0.3 is 5.97 Å². The summed E-state index contributed by atoms with van der Waals surface area (Å²) in [5.41, 5.74) is 0.135. The molecule has 23 heavy (non-hydrogen) atoms. The minimum absolute atomic E-state index is 0.0253. The minimum atomic E-state index is -0.595. The maximum absolute atomic E-state index is 12.6. The SMILES string of the molecule is CC(=O)Oc1cccn(C2=CC(C)(C)Oc3cccnc32)c1=O. The molecule has 0 saturated carbocycles. The van der Waals surface area contributed by atoms with Crippen molar-refractivity contribution < 1.29 is 14.3 Å². The molecule has 6 heteroatoms. The Morgan fingerprint density at radius 1 is 1.30 bits per heavy atom. The van der Waals surface area contributed by atoms with E-state index in [4.69, 9.17) is 9.47 Å². The zero-order valence-electron chi connectivity index (χ0n) is 13.1. The Kier molecular flexibility index (Phi) is 3.52. The van der Waals surface area contributed by atoms with Gasteiger partial charge in [0, 0.05) is 19.3 Å². The van der Waals surface area contributed by atoms with E-state index in [1.54, 1.807) is 30.6 Å². The molecule has 0 saturated heterocycles. The smallest absolute Gasteiger partial charge is 0.308 e. The van der Waals surface area contributed by atoms with Crippen molar-refractivity contribution in [2.24, 2.45) is 0 Å². The van der Waals surface area contributed by atoms with Crippen LogP contribution in [0.3, 0.4) is 0 Å². The van der Waals surface area contributed by atoms with Gasteiger partial charge in [0.15, 0.2) is 5.75 Å². The number of nitrogens with zero attached hydrogens (tertiary/aromatic N) is 2. The first-order chi connectivity index (χ1) is 10.9. The number of aromatic nitrogens is 2. The maximum Gasteiger partial charge on any atom is 0.308 e. The summed E-state index contributed by atoms with van der Waals surface area (Å²) in [5, 5.41) is 0. The van der Waals surface area contributed by atoms with Gasteiger partial charge in [-0.25, -0.2) is 0 Å². The normalized spacial score (nSPS) is 15.2. The van der Waals surface area contributed by atoms with E-state index < -0.39 is 17.1 Å². The highest BCUT2D eigenvalue weighted by Crippen LogP contribution is 2.34. The third kappa shape index (κ3) is 2.88. The lowest BCUT2D eigenvalue weighted by atomic mass is 10.0. The summed E-state index contributed by atoms with van der Waals surface area (Å²) in [4.78, 5) is 28.1. The number of hydrogen-bond donors (Lipinski definition) is 0. The third-order valence-corrected chi connectivity index (χ3v) is 3.30. The van der Waals surface area contributed by atoms with Crippen LogP contribution in [0.15, 0.2) is 47.5 Å². The summed E-state index contributed by atoms with van der Waals surface area (Å²) >= 11 is 0. The van der Waals surface area contributed by atoms with Crippen LogP contribution >= 0.6 is 0 Å². The van der Waals surface area contributed by atoms with Crippen molar-refractivity contribution >= 4 is 11.7 Å². The lowest BCUT2D eigenvalue weighted by Crippen LogP contribution is -2.33. The summed E-state index contributed by atoms with van der Waals surface area (Å²) in [6, 6.07) is 6.68. The minimum Gasteiger partial charge on any atom is -0.481 e. The molecular formula is C17H16N2O4. The molecule has 1 aliphatic rings. The van der Waals surface area contributed by atoms with Gasteiger partial charge in [-0.2, -0.15) is 0 Å². The molecular weight excluding hydrogens is 296 g/mol. The lowest BCUT2D eigenvalue weighted by molar-refractivity contribution is -0.132. The first-order valence-electron chi connectivity index (χ1n) is 7.15. The van der Waals surface area contributed by atoms with E-state index in [-0.39, 0.29) is 5.75 Å². The zero-order valence-corrected chi connectivity index (χ0v) is 13.1. The molecule has 0 spiro atoms. The van der Waals surface area contributed by atoms with Crippen LogP contribution in [0, 0.1) is 0 Å². The molecule has 2 aromatic rings. The largest absolute Gasteiger partial charge is 0.481 e. The first-order valence-corrected chi connectivity index (χ1v) is 7.15. The van der Waals surface area contributed by atoms with E-state index in [2.05, 4.69) is 4.98 Å². The Bertz CT molecular complexity index is 865. The number of rotatable bonds is 2. The fraction of sp³-hybridized carbons (Fsp3) is 0.235. The number of pyridine rings is 2. The van der Waals surface area contributed by atoms with E-state index in [0.29, 0.717) is 17.1 Å². The quantitative estimate of drug-likeness (QED) is 0.795. The molecule has 0 amide bonds. The number of esters is 1. The monoisotopic (exact) mass is 312 g/mol. The van der Waals surface area contributed by atoms with Gasteiger partial charge in [-0.1, -0.05) is 0 Å². The number of ether oxygens (including phenoxy) is 2. The molecule has 3 rings (SSSR count). The van der Waals surface area contributed by atoms with Crippen molar-refractivity contribution in [1.82, 2.24) is 9.55 Å². The Morgan fingerprint density at radius 2 is 2.09 bits per heavy atom. The second-order valence-electron chi connectivity index (χ2n) is 5.73. The predicted octanol–water partition coefficient (Wildman–Crippen LogP) is 2.23. The van der Waals surface area contributed by atoms with Crippen LogP contribution in [-0.2, 0) is 4.79 Å². The van der Waals surface area contributed by atoms with Gasteiger partial charge < -0.3 is 9.47 Å². The summed E-state index contributed by atoms with van der Waals surface area (Å²) in [6.07, 6.45) is 5.07. The van der Waals surface area contributed by atoms with Crippen LogP contribution < -0.4 is 15.0 Å². The Labute approximate surface area is 133 Å². The summed E-state index contributed by atoms with van der Waals surface area (Å²) in [5.74, 6) is 0.0298. The molecule has 0 radical (unpaired) electrons. The standard InChI is InChI=1S/C17H16N2O4/c1-11(20)22-14-7-5-9-19(16(14)21)12-10-17(2,3)23-13-6-4-8-18-15(12)13/h4-10H,1-3H3. The summed E-state index contributed by atoms with van der Waals surface area (Å²) in [6.45, 7) is 5.04. The molecule has 0 unspecified atom stereocenters. The highest BCUT2D eigenvalue weighted by Gasteiger charge is 2.29. The van der Waals surface area contributed by atoms with Gasteiger partial charge in [-0.3, -0.25) is 19.1 Å². The molecule has 0 N–H and O–H groups in total. The molecule has 2 aromatic heterocycles. The van der Waals surface area contributed by atoms with Gasteiger partial charge in [0.2, 0.25) is 0 Å². The zero-order chi connectivity index (χ0) is 16.6. The van der Waals surface area contributed by atoms with Crippen LogP contribution in [-0.4, -0.2) is 21.1 Å². The summed E-state index contributed by atoms with van der Waals surface area (Å²) < 4.78 is 12.2. The predicted molar refractivity (Wildman–Crippen MR) is 84.3 cm³/mol. The van der Waals surface area contributed by atoms with Gasteiger partial charge in [-0.05, 0) is 44.2 Å². The highest BCUT2D eigenvalue weighted by atomic mass is 16.5. The molecule has 0 aromatic carbocycles. The van der Waals surface area contributed by atoms with Crippen LogP contribution in [0.25, 0.3) is 5.70 Å². The topological polar surface area (TPSA) is 70.4 Å². The fourth-order valence-corrected chi connectivity index (χ4v) is 2.46. The Morgan fingerprint density at radius 3 is 2.83 bits per heavy atom. The van der Waals surface area contributed by atoms with Gasteiger partial charge in [-0.15, -0.1) is 0 Å².